The minimum atomic E-state index is 0.585. The number of benzene rings is 9. The fraction of sp³-hybridized carbons (Fsp3) is 0.0312. The standard InChI is InChI=1S/C64H44N6/c1-41-17-9-11-23-48(41)45-29-32-58-53(37-45)50-25-13-15-27-56(50)69(58)59-34-31-47(64-67-62(43-19-5-3-6-20-43)66-63(68-64)44-21-7-4-8-22-44)39-55(59)52-35-36-65-40-61(52)70-57-28-16-14-26-51(57)54-38-46(30-33-60(54)70)49-24-12-10-18-42(49)2/h3-40H,1-2H3. The quantitative estimate of drug-likeness (QED) is 0.152. The van der Waals surface area contributed by atoms with Gasteiger partial charge in [-0.25, -0.2) is 15.0 Å². The van der Waals surface area contributed by atoms with Gasteiger partial charge in [0, 0.05) is 55.6 Å². The molecular weight excluding hydrogens is 853 g/mol. The summed E-state index contributed by atoms with van der Waals surface area (Å²) in [6, 6.07) is 77.6. The molecule has 0 fully saturated rings. The Morgan fingerprint density at radius 3 is 1.29 bits per heavy atom. The van der Waals surface area contributed by atoms with Crippen molar-refractivity contribution in [2.75, 3.05) is 0 Å². The largest absolute Gasteiger partial charge is 0.309 e. The van der Waals surface area contributed by atoms with E-state index in [1.807, 2.05) is 73.1 Å². The second-order valence-electron chi connectivity index (χ2n) is 18.0. The fourth-order valence-corrected chi connectivity index (χ4v) is 10.4. The molecule has 0 aliphatic carbocycles. The Hall–Kier alpha value is -9.26. The van der Waals surface area contributed by atoms with Gasteiger partial charge in [0.25, 0.3) is 0 Å². The van der Waals surface area contributed by atoms with E-state index in [0.29, 0.717) is 17.5 Å². The Labute approximate surface area is 405 Å². The molecule has 4 aromatic heterocycles. The van der Waals surface area contributed by atoms with Crippen LogP contribution in [-0.4, -0.2) is 29.1 Å². The SMILES string of the molecule is Cc1ccccc1-c1ccc2c(c1)c1ccccc1n2-c1ccc(-c2nc(-c3ccccc3)nc(-c3ccccc3)n2)cc1-c1ccncc1-n1c2ccccc2c2cc(-c3ccccc3C)ccc21. The highest BCUT2D eigenvalue weighted by atomic mass is 15.0. The molecule has 0 saturated carbocycles. The number of aromatic nitrogens is 6. The van der Waals surface area contributed by atoms with Crippen molar-refractivity contribution in [3.8, 4) is 78.9 Å². The minimum absolute atomic E-state index is 0.585. The molecule has 6 nitrogen and oxygen atoms in total. The zero-order chi connectivity index (χ0) is 46.7. The predicted molar refractivity (Wildman–Crippen MR) is 288 cm³/mol. The summed E-state index contributed by atoms with van der Waals surface area (Å²) in [5, 5.41) is 4.72. The lowest BCUT2D eigenvalue weighted by molar-refractivity contribution is 1.07. The third-order valence-corrected chi connectivity index (χ3v) is 13.8. The molecule has 0 saturated heterocycles. The van der Waals surface area contributed by atoms with Gasteiger partial charge < -0.3 is 9.13 Å². The van der Waals surface area contributed by atoms with Crippen LogP contribution in [0.1, 0.15) is 11.1 Å². The van der Waals surface area contributed by atoms with E-state index < -0.39 is 0 Å². The molecule has 0 amide bonds. The summed E-state index contributed by atoms with van der Waals surface area (Å²) in [6.45, 7) is 4.36. The highest BCUT2D eigenvalue weighted by molar-refractivity contribution is 6.13. The second-order valence-corrected chi connectivity index (χ2v) is 18.0. The number of hydrogen-bond acceptors (Lipinski definition) is 4. The van der Waals surface area contributed by atoms with Crippen LogP contribution in [0.4, 0.5) is 0 Å². The monoisotopic (exact) mass is 896 g/mol. The van der Waals surface area contributed by atoms with Crippen molar-refractivity contribution in [1.29, 1.82) is 0 Å². The normalized spacial score (nSPS) is 11.6. The van der Waals surface area contributed by atoms with Crippen LogP contribution >= 0.6 is 0 Å². The number of para-hydroxylation sites is 2. The predicted octanol–water partition coefficient (Wildman–Crippen LogP) is 16.1. The Morgan fingerprint density at radius 1 is 0.300 bits per heavy atom. The van der Waals surface area contributed by atoms with Gasteiger partial charge in [0.1, 0.15) is 0 Å². The van der Waals surface area contributed by atoms with Gasteiger partial charge in [-0.15, -0.1) is 0 Å². The van der Waals surface area contributed by atoms with Gasteiger partial charge in [0.2, 0.25) is 0 Å². The van der Waals surface area contributed by atoms with Crippen molar-refractivity contribution in [1.82, 2.24) is 29.1 Å². The van der Waals surface area contributed by atoms with E-state index in [2.05, 4.69) is 181 Å². The van der Waals surface area contributed by atoms with Crippen LogP contribution in [0.5, 0.6) is 0 Å². The number of fused-ring (bicyclic) bond motifs is 6. The average Bonchev–Trinajstić information content (AvgIpc) is 3.93. The first-order chi connectivity index (χ1) is 34.6. The second kappa shape index (κ2) is 16.8. The van der Waals surface area contributed by atoms with E-state index in [-0.39, 0.29) is 0 Å². The molecule has 0 unspecified atom stereocenters. The highest BCUT2D eigenvalue weighted by Gasteiger charge is 2.23. The van der Waals surface area contributed by atoms with Crippen LogP contribution in [0.25, 0.3) is 123 Å². The summed E-state index contributed by atoms with van der Waals surface area (Å²) in [5.74, 6) is 1.81. The summed E-state index contributed by atoms with van der Waals surface area (Å²) in [5.41, 5.74) is 18.5. The van der Waals surface area contributed by atoms with E-state index in [0.717, 1.165) is 61.3 Å². The van der Waals surface area contributed by atoms with Crippen LogP contribution in [0.3, 0.4) is 0 Å². The number of hydrogen-bond donors (Lipinski definition) is 0. The van der Waals surface area contributed by atoms with Gasteiger partial charge in [-0.2, -0.15) is 0 Å². The van der Waals surface area contributed by atoms with Crippen LogP contribution in [0.15, 0.2) is 231 Å². The first kappa shape index (κ1) is 41.0. The maximum Gasteiger partial charge on any atom is 0.164 e. The smallest absolute Gasteiger partial charge is 0.164 e. The molecule has 13 aromatic rings. The van der Waals surface area contributed by atoms with Gasteiger partial charge >= 0.3 is 0 Å². The summed E-state index contributed by atoms with van der Waals surface area (Å²) in [4.78, 5) is 20.3. The number of aryl methyl sites for hydroxylation is 2. The average molecular weight is 897 g/mol. The van der Waals surface area contributed by atoms with Gasteiger partial charge in [0.15, 0.2) is 17.5 Å². The lowest BCUT2D eigenvalue weighted by Crippen LogP contribution is -2.04. The number of pyridine rings is 1. The van der Waals surface area contributed by atoms with E-state index >= 15 is 0 Å². The van der Waals surface area contributed by atoms with Crippen molar-refractivity contribution in [3.63, 3.8) is 0 Å². The van der Waals surface area contributed by atoms with Crippen LogP contribution in [0.2, 0.25) is 0 Å². The third kappa shape index (κ3) is 6.88. The summed E-state index contributed by atoms with van der Waals surface area (Å²) < 4.78 is 4.81. The summed E-state index contributed by atoms with van der Waals surface area (Å²) >= 11 is 0. The molecule has 0 radical (unpaired) electrons. The fourth-order valence-electron chi connectivity index (χ4n) is 10.4. The summed E-state index contributed by atoms with van der Waals surface area (Å²) in [7, 11) is 0. The van der Waals surface area contributed by atoms with Gasteiger partial charge in [-0.05, 0) is 108 Å². The van der Waals surface area contributed by atoms with Crippen molar-refractivity contribution in [2.24, 2.45) is 0 Å². The van der Waals surface area contributed by atoms with Crippen LogP contribution < -0.4 is 0 Å². The first-order valence-corrected chi connectivity index (χ1v) is 23.7. The molecule has 0 N–H and O–H groups in total. The minimum Gasteiger partial charge on any atom is -0.309 e. The maximum atomic E-state index is 5.22. The topological polar surface area (TPSA) is 61.4 Å². The van der Waals surface area contributed by atoms with Crippen LogP contribution in [-0.2, 0) is 0 Å². The molecule has 0 bridgehead atoms. The molecule has 0 aliphatic rings. The van der Waals surface area contributed by atoms with E-state index in [4.69, 9.17) is 19.9 Å². The number of nitrogens with zero attached hydrogens (tertiary/aromatic N) is 6. The summed E-state index contributed by atoms with van der Waals surface area (Å²) in [6.07, 6.45) is 3.92. The third-order valence-electron chi connectivity index (χ3n) is 13.8. The molecule has 0 atom stereocenters. The zero-order valence-electron chi connectivity index (χ0n) is 38.6. The molecule has 330 valence electrons. The lowest BCUT2D eigenvalue weighted by Gasteiger charge is -2.19. The molecule has 0 spiro atoms. The van der Waals surface area contributed by atoms with Crippen molar-refractivity contribution >= 4 is 43.6 Å². The molecule has 70 heavy (non-hydrogen) atoms. The lowest BCUT2D eigenvalue weighted by atomic mass is 9.98. The molecule has 13 rings (SSSR count). The zero-order valence-corrected chi connectivity index (χ0v) is 38.6. The maximum absolute atomic E-state index is 5.22. The van der Waals surface area contributed by atoms with Crippen LogP contribution in [0, 0.1) is 13.8 Å². The van der Waals surface area contributed by atoms with Crippen molar-refractivity contribution in [2.45, 2.75) is 13.8 Å². The van der Waals surface area contributed by atoms with Crippen molar-refractivity contribution in [3.05, 3.63) is 242 Å². The molecule has 4 heterocycles. The molecule has 0 aliphatic heterocycles. The number of rotatable bonds is 8. The van der Waals surface area contributed by atoms with E-state index in [1.54, 1.807) is 0 Å². The first-order valence-electron chi connectivity index (χ1n) is 23.7. The van der Waals surface area contributed by atoms with Crippen molar-refractivity contribution < 1.29 is 0 Å². The highest BCUT2D eigenvalue weighted by Crippen LogP contribution is 2.43. The molecule has 6 heteroatoms. The van der Waals surface area contributed by atoms with Gasteiger partial charge in [-0.3, -0.25) is 4.98 Å². The van der Waals surface area contributed by atoms with E-state index in [1.165, 1.54) is 54.9 Å². The van der Waals surface area contributed by atoms with E-state index in [9.17, 15) is 0 Å². The Kier molecular flexibility index (Phi) is 9.84. The molecule has 9 aromatic carbocycles. The van der Waals surface area contributed by atoms with Gasteiger partial charge in [-0.1, -0.05) is 158 Å². The Morgan fingerprint density at radius 2 is 0.743 bits per heavy atom. The molecular formula is C64H44N6. The Balaban J connectivity index is 1.09. The van der Waals surface area contributed by atoms with Gasteiger partial charge in [0.05, 0.1) is 39.6 Å². The Bertz CT molecular complexity index is 4090.